The van der Waals surface area contributed by atoms with Crippen LogP contribution in [0.4, 0.5) is 5.69 Å². The number of nitrogens with two attached hydrogens (primary N) is 1. The topological polar surface area (TPSA) is 68.0 Å². The zero-order valence-corrected chi connectivity index (χ0v) is 13.5. The summed E-state index contributed by atoms with van der Waals surface area (Å²) in [7, 11) is 0. The molecule has 3 N–H and O–H groups in total. The first-order valence-corrected chi connectivity index (χ1v) is 8.54. The summed E-state index contributed by atoms with van der Waals surface area (Å²) >= 11 is 3.25. The largest absolute Gasteiger partial charge is 0.325 e. The molecule has 1 aromatic carbocycles. The van der Waals surface area contributed by atoms with Crippen LogP contribution in [-0.2, 0) is 4.79 Å². The first kappa shape index (κ1) is 15.3. The smallest absolute Gasteiger partial charge is 0.241 e. The lowest BCUT2D eigenvalue weighted by Crippen LogP contribution is -2.36. The molecule has 0 saturated carbocycles. The molecule has 0 saturated heterocycles. The van der Waals surface area contributed by atoms with Crippen molar-refractivity contribution in [1.82, 2.24) is 4.98 Å². The van der Waals surface area contributed by atoms with Gasteiger partial charge in [0.15, 0.2) is 4.34 Å². The van der Waals surface area contributed by atoms with Crippen LogP contribution in [0.5, 0.6) is 0 Å². The summed E-state index contributed by atoms with van der Waals surface area (Å²) < 4.78 is 2.10. The van der Waals surface area contributed by atoms with Crippen molar-refractivity contribution in [2.75, 3.05) is 11.6 Å². The van der Waals surface area contributed by atoms with Gasteiger partial charge in [-0.2, -0.15) is 0 Å². The van der Waals surface area contributed by atoms with Crippen LogP contribution < -0.4 is 11.1 Å². The lowest BCUT2D eigenvalue weighted by molar-refractivity contribution is -0.117. The van der Waals surface area contributed by atoms with Gasteiger partial charge in [0.05, 0.1) is 16.3 Å². The summed E-state index contributed by atoms with van der Waals surface area (Å²) in [5, 5.41) is 2.87. The molecule has 0 aliphatic heterocycles. The molecule has 108 valence electrons. The molecule has 0 aliphatic rings. The zero-order chi connectivity index (χ0) is 14.7. The minimum absolute atomic E-state index is 0.132. The highest BCUT2D eigenvalue weighted by Crippen LogP contribution is 2.30. The van der Waals surface area contributed by atoms with Crippen LogP contribution in [0.1, 0.15) is 20.3 Å². The molecule has 1 amide bonds. The van der Waals surface area contributed by atoms with E-state index in [-0.39, 0.29) is 5.91 Å². The number of benzene rings is 1. The van der Waals surface area contributed by atoms with Crippen LogP contribution >= 0.6 is 23.1 Å². The number of anilines is 1. The molecule has 1 atom stereocenters. The summed E-state index contributed by atoms with van der Waals surface area (Å²) in [6.45, 7) is 4.11. The van der Waals surface area contributed by atoms with Crippen LogP contribution in [0, 0.1) is 5.92 Å². The Bertz CT molecular complexity index is 609. The van der Waals surface area contributed by atoms with Crippen LogP contribution in [0.25, 0.3) is 10.2 Å². The lowest BCUT2D eigenvalue weighted by Gasteiger charge is -2.14. The van der Waals surface area contributed by atoms with E-state index in [1.807, 2.05) is 24.5 Å². The Morgan fingerprint density at radius 1 is 1.50 bits per heavy atom. The van der Waals surface area contributed by atoms with E-state index in [0.29, 0.717) is 12.3 Å². The first-order chi connectivity index (χ1) is 9.49. The molecule has 1 aromatic heterocycles. The maximum absolute atomic E-state index is 12.0. The van der Waals surface area contributed by atoms with Crippen molar-refractivity contribution < 1.29 is 4.79 Å². The van der Waals surface area contributed by atoms with E-state index in [0.717, 1.165) is 20.2 Å². The van der Waals surface area contributed by atoms with E-state index in [1.54, 1.807) is 23.1 Å². The molecule has 1 heterocycles. The maximum atomic E-state index is 12.0. The highest BCUT2D eigenvalue weighted by molar-refractivity contribution is 8.00. The van der Waals surface area contributed by atoms with E-state index in [4.69, 9.17) is 5.73 Å². The van der Waals surface area contributed by atoms with Crippen LogP contribution in [0.3, 0.4) is 0 Å². The van der Waals surface area contributed by atoms with Gasteiger partial charge in [0.1, 0.15) is 0 Å². The van der Waals surface area contributed by atoms with Crippen molar-refractivity contribution >= 4 is 44.9 Å². The molecule has 0 bridgehead atoms. The molecular formula is C14H19N3OS2. The Balaban J connectivity index is 2.11. The quantitative estimate of drug-likeness (QED) is 0.831. The third kappa shape index (κ3) is 3.71. The molecule has 4 nitrogen and oxygen atoms in total. The predicted octanol–water partition coefficient (Wildman–Crippen LogP) is 3.33. The molecule has 0 spiro atoms. The van der Waals surface area contributed by atoms with Crippen LogP contribution in [-0.4, -0.2) is 23.2 Å². The van der Waals surface area contributed by atoms with Gasteiger partial charge < -0.3 is 11.1 Å². The van der Waals surface area contributed by atoms with E-state index in [1.165, 1.54) is 0 Å². The number of carbonyl (C=O) groups is 1. The number of nitrogens with zero attached hydrogens (tertiary/aromatic N) is 1. The molecular weight excluding hydrogens is 290 g/mol. The van der Waals surface area contributed by atoms with Gasteiger partial charge in [-0.15, -0.1) is 11.3 Å². The summed E-state index contributed by atoms with van der Waals surface area (Å²) in [5.41, 5.74) is 7.62. The monoisotopic (exact) mass is 309 g/mol. The van der Waals surface area contributed by atoms with Crippen molar-refractivity contribution in [3.8, 4) is 0 Å². The van der Waals surface area contributed by atoms with Gasteiger partial charge in [0.25, 0.3) is 0 Å². The number of hydrogen-bond donors (Lipinski definition) is 2. The molecule has 0 fully saturated rings. The van der Waals surface area contributed by atoms with Crippen molar-refractivity contribution in [1.29, 1.82) is 0 Å². The van der Waals surface area contributed by atoms with E-state index in [9.17, 15) is 4.79 Å². The van der Waals surface area contributed by atoms with Crippen molar-refractivity contribution in [2.24, 2.45) is 11.7 Å². The number of amides is 1. The Morgan fingerprint density at radius 2 is 2.25 bits per heavy atom. The summed E-state index contributed by atoms with van der Waals surface area (Å²) in [6, 6.07) is 5.28. The molecule has 6 heteroatoms. The molecule has 0 aliphatic carbocycles. The van der Waals surface area contributed by atoms with E-state index in [2.05, 4.69) is 24.1 Å². The number of aromatic nitrogens is 1. The van der Waals surface area contributed by atoms with Gasteiger partial charge >= 0.3 is 0 Å². The summed E-state index contributed by atoms with van der Waals surface area (Å²) in [6.07, 6.45) is 2.69. The second-order valence-electron chi connectivity index (χ2n) is 5.09. The van der Waals surface area contributed by atoms with Gasteiger partial charge in [-0.3, -0.25) is 4.79 Å². The number of thioether (sulfide) groups is 1. The van der Waals surface area contributed by atoms with Crippen molar-refractivity contribution in [3.05, 3.63) is 18.2 Å². The number of fused-ring (bicyclic) bond motifs is 1. The maximum Gasteiger partial charge on any atom is 0.241 e. The lowest BCUT2D eigenvalue weighted by atomic mass is 10.0. The normalized spacial score (nSPS) is 12.8. The third-order valence-electron chi connectivity index (χ3n) is 2.87. The Hall–Kier alpha value is -1.11. The average Bonchev–Trinajstić information content (AvgIpc) is 2.80. The van der Waals surface area contributed by atoms with Crippen molar-refractivity contribution in [3.63, 3.8) is 0 Å². The molecule has 20 heavy (non-hydrogen) atoms. The fraction of sp³-hybridized carbons (Fsp3) is 0.429. The van der Waals surface area contributed by atoms with Gasteiger partial charge in [-0.25, -0.2) is 4.98 Å². The van der Waals surface area contributed by atoms with Crippen molar-refractivity contribution in [2.45, 2.75) is 30.6 Å². The van der Waals surface area contributed by atoms with Crippen LogP contribution in [0.2, 0.25) is 0 Å². The fourth-order valence-electron chi connectivity index (χ4n) is 1.92. The fourth-order valence-corrected chi connectivity index (χ4v) is 3.45. The first-order valence-electron chi connectivity index (χ1n) is 6.50. The molecule has 2 aromatic rings. The SMILES string of the molecule is CSc1nc2ccc(NC(=O)C(N)CC(C)C)cc2s1. The number of carbonyl (C=O) groups excluding carboxylic acids is 1. The second-order valence-corrected chi connectivity index (χ2v) is 7.18. The number of nitrogens with one attached hydrogen (secondary N) is 1. The highest BCUT2D eigenvalue weighted by Gasteiger charge is 2.15. The van der Waals surface area contributed by atoms with Crippen LogP contribution in [0.15, 0.2) is 22.5 Å². The number of hydrogen-bond acceptors (Lipinski definition) is 5. The molecule has 1 unspecified atom stereocenters. The van der Waals surface area contributed by atoms with Gasteiger partial charge in [-0.05, 0) is 36.8 Å². The Morgan fingerprint density at radius 3 is 2.90 bits per heavy atom. The second kappa shape index (κ2) is 6.56. The van der Waals surface area contributed by atoms with Gasteiger partial charge in [-0.1, -0.05) is 25.6 Å². The van der Waals surface area contributed by atoms with E-state index >= 15 is 0 Å². The molecule has 0 radical (unpaired) electrons. The highest BCUT2D eigenvalue weighted by atomic mass is 32.2. The molecule has 2 rings (SSSR count). The minimum Gasteiger partial charge on any atom is -0.325 e. The van der Waals surface area contributed by atoms with E-state index < -0.39 is 6.04 Å². The van der Waals surface area contributed by atoms with Gasteiger partial charge in [0.2, 0.25) is 5.91 Å². The zero-order valence-electron chi connectivity index (χ0n) is 11.8. The summed E-state index contributed by atoms with van der Waals surface area (Å²) in [4.78, 5) is 16.5. The number of thiazole rings is 1. The Labute approximate surface area is 127 Å². The number of rotatable bonds is 5. The van der Waals surface area contributed by atoms with Gasteiger partial charge in [0, 0.05) is 5.69 Å². The minimum atomic E-state index is -0.464. The summed E-state index contributed by atoms with van der Waals surface area (Å²) in [5.74, 6) is 0.275. The third-order valence-corrected chi connectivity index (χ3v) is 4.88. The standard InChI is InChI=1S/C14H19N3OS2/c1-8(2)6-10(15)13(18)16-9-4-5-11-12(7-9)20-14(17-11)19-3/h4-5,7-8,10H,6,15H2,1-3H3,(H,16,18). The Kier molecular flexibility index (Phi) is 5.01. The average molecular weight is 309 g/mol. The predicted molar refractivity (Wildman–Crippen MR) is 87.5 cm³/mol.